The van der Waals surface area contributed by atoms with Crippen LogP contribution in [0.25, 0.3) is 0 Å². The lowest BCUT2D eigenvalue weighted by atomic mass is 10.2. The van der Waals surface area contributed by atoms with Crippen molar-refractivity contribution in [3.63, 3.8) is 0 Å². The van der Waals surface area contributed by atoms with Gasteiger partial charge in [0.1, 0.15) is 11.6 Å². The third kappa shape index (κ3) is 4.31. The predicted octanol–water partition coefficient (Wildman–Crippen LogP) is 3.22. The summed E-state index contributed by atoms with van der Waals surface area (Å²) in [6.07, 6.45) is -0.640. The van der Waals surface area contributed by atoms with E-state index in [1.165, 1.54) is 6.07 Å². The second kappa shape index (κ2) is 6.88. The van der Waals surface area contributed by atoms with Crippen LogP contribution in [0.3, 0.4) is 0 Å². The molecule has 0 bridgehead atoms. The molecule has 0 spiro atoms. The number of hydrogen-bond acceptors (Lipinski definition) is 2. The summed E-state index contributed by atoms with van der Waals surface area (Å²) in [4.78, 5) is 12.0. The number of hydrogen-bond donors (Lipinski definition) is 1. The molecule has 2 aromatic carbocycles. The molecule has 110 valence electrons. The molecule has 0 heterocycles. The molecule has 2 rings (SSSR count). The highest BCUT2D eigenvalue weighted by Gasteiger charge is 2.14. The van der Waals surface area contributed by atoms with Crippen molar-refractivity contribution in [2.45, 2.75) is 26.5 Å². The van der Waals surface area contributed by atoms with E-state index >= 15 is 0 Å². The Morgan fingerprint density at radius 2 is 2.00 bits per heavy atom. The molecule has 1 unspecified atom stereocenters. The smallest absolute Gasteiger partial charge is 0.261 e. The van der Waals surface area contributed by atoms with Crippen molar-refractivity contribution < 1.29 is 13.9 Å². The van der Waals surface area contributed by atoms with Crippen molar-refractivity contribution in [2.24, 2.45) is 0 Å². The van der Waals surface area contributed by atoms with Gasteiger partial charge in [0.2, 0.25) is 0 Å². The second-order valence-electron chi connectivity index (χ2n) is 4.89. The number of aryl methyl sites for hydroxylation is 1. The van der Waals surface area contributed by atoms with Gasteiger partial charge < -0.3 is 10.1 Å². The molecule has 0 fully saturated rings. The predicted molar refractivity (Wildman–Crippen MR) is 79.5 cm³/mol. The summed E-state index contributed by atoms with van der Waals surface area (Å²) in [6.45, 7) is 3.77. The van der Waals surface area contributed by atoms with Crippen molar-refractivity contribution in [2.75, 3.05) is 0 Å². The molecule has 2 aromatic rings. The van der Waals surface area contributed by atoms with Crippen LogP contribution in [0.5, 0.6) is 5.75 Å². The molecule has 0 aliphatic heterocycles. The zero-order valence-electron chi connectivity index (χ0n) is 12.1. The fourth-order valence-corrected chi connectivity index (χ4v) is 1.91. The van der Waals surface area contributed by atoms with Crippen molar-refractivity contribution in [3.05, 3.63) is 65.5 Å². The molecule has 0 aliphatic rings. The molecule has 0 saturated heterocycles. The third-order valence-electron chi connectivity index (χ3n) is 3.08. The van der Waals surface area contributed by atoms with E-state index in [4.69, 9.17) is 4.74 Å². The van der Waals surface area contributed by atoms with Crippen LogP contribution in [0.2, 0.25) is 0 Å². The van der Waals surface area contributed by atoms with Gasteiger partial charge in [0.25, 0.3) is 5.91 Å². The van der Waals surface area contributed by atoms with Crippen LogP contribution in [0.4, 0.5) is 4.39 Å². The van der Waals surface area contributed by atoms with Crippen LogP contribution in [-0.4, -0.2) is 12.0 Å². The Kier molecular flexibility index (Phi) is 4.93. The lowest BCUT2D eigenvalue weighted by molar-refractivity contribution is -0.127. The molecule has 0 aliphatic carbocycles. The summed E-state index contributed by atoms with van der Waals surface area (Å²) >= 11 is 0. The van der Waals surface area contributed by atoms with E-state index in [1.54, 1.807) is 31.2 Å². The summed E-state index contributed by atoms with van der Waals surface area (Å²) in [6, 6.07) is 13.8. The van der Waals surface area contributed by atoms with Gasteiger partial charge >= 0.3 is 0 Å². The minimum Gasteiger partial charge on any atom is -0.481 e. The van der Waals surface area contributed by atoms with Crippen LogP contribution in [0.1, 0.15) is 18.1 Å². The van der Waals surface area contributed by atoms with E-state index < -0.39 is 6.10 Å². The molecule has 1 amide bonds. The monoisotopic (exact) mass is 287 g/mol. The van der Waals surface area contributed by atoms with Crippen molar-refractivity contribution >= 4 is 5.91 Å². The summed E-state index contributed by atoms with van der Waals surface area (Å²) < 4.78 is 19.0. The fourth-order valence-electron chi connectivity index (χ4n) is 1.91. The Labute approximate surface area is 123 Å². The van der Waals surface area contributed by atoms with Crippen molar-refractivity contribution in [1.29, 1.82) is 0 Å². The first-order chi connectivity index (χ1) is 10.1. The molecule has 0 saturated carbocycles. The van der Waals surface area contributed by atoms with Gasteiger partial charge in [-0.3, -0.25) is 4.79 Å². The van der Waals surface area contributed by atoms with Gasteiger partial charge in [-0.05, 0) is 37.6 Å². The van der Waals surface area contributed by atoms with Gasteiger partial charge in [-0.15, -0.1) is 0 Å². The first-order valence-electron chi connectivity index (χ1n) is 6.80. The Morgan fingerprint density at radius 1 is 1.24 bits per heavy atom. The summed E-state index contributed by atoms with van der Waals surface area (Å²) in [5.74, 6) is 0.0355. The van der Waals surface area contributed by atoms with Gasteiger partial charge in [0, 0.05) is 12.1 Å². The quantitative estimate of drug-likeness (QED) is 0.917. The molecular weight excluding hydrogens is 269 g/mol. The number of carbonyl (C=O) groups excluding carboxylic acids is 1. The van der Waals surface area contributed by atoms with E-state index in [9.17, 15) is 9.18 Å². The zero-order chi connectivity index (χ0) is 15.2. The topological polar surface area (TPSA) is 38.3 Å². The molecule has 4 heteroatoms. The number of amides is 1. The lowest BCUT2D eigenvalue weighted by Crippen LogP contribution is -2.36. The lowest BCUT2D eigenvalue weighted by Gasteiger charge is -2.15. The van der Waals surface area contributed by atoms with Crippen LogP contribution >= 0.6 is 0 Å². The molecular formula is C17H18FNO2. The standard InChI is InChI=1S/C17H18FNO2/c1-12-6-5-8-15(10-12)21-13(2)17(20)19-11-14-7-3-4-9-16(14)18/h3-10,13H,11H2,1-2H3,(H,19,20). The maximum Gasteiger partial charge on any atom is 0.261 e. The van der Waals surface area contributed by atoms with Gasteiger partial charge in [-0.25, -0.2) is 4.39 Å². The largest absolute Gasteiger partial charge is 0.481 e. The first kappa shape index (κ1) is 15.0. The SMILES string of the molecule is Cc1cccc(OC(C)C(=O)NCc2ccccc2F)c1. The summed E-state index contributed by atoms with van der Waals surface area (Å²) in [5, 5.41) is 2.67. The zero-order valence-corrected chi connectivity index (χ0v) is 12.1. The minimum absolute atomic E-state index is 0.146. The van der Waals surface area contributed by atoms with Crippen LogP contribution in [0, 0.1) is 12.7 Å². The number of benzene rings is 2. The minimum atomic E-state index is -0.640. The molecule has 1 atom stereocenters. The molecule has 1 N–H and O–H groups in total. The average molecular weight is 287 g/mol. The van der Waals surface area contributed by atoms with Gasteiger partial charge in [0.15, 0.2) is 6.10 Å². The molecule has 0 aromatic heterocycles. The number of carbonyl (C=O) groups is 1. The Bertz CT molecular complexity index is 628. The third-order valence-corrected chi connectivity index (χ3v) is 3.08. The Balaban J connectivity index is 1.90. The van der Waals surface area contributed by atoms with Gasteiger partial charge in [0.05, 0.1) is 0 Å². The van der Waals surface area contributed by atoms with E-state index in [0.717, 1.165) is 5.56 Å². The van der Waals surface area contributed by atoms with Crippen LogP contribution < -0.4 is 10.1 Å². The van der Waals surface area contributed by atoms with E-state index in [1.807, 2.05) is 25.1 Å². The summed E-state index contributed by atoms with van der Waals surface area (Å²) in [7, 11) is 0. The highest BCUT2D eigenvalue weighted by molar-refractivity contribution is 5.80. The molecule has 21 heavy (non-hydrogen) atoms. The normalized spacial score (nSPS) is 11.8. The molecule has 0 radical (unpaired) electrons. The van der Waals surface area contributed by atoms with Gasteiger partial charge in [-0.2, -0.15) is 0 Å². The highest BCUT2D eigenvalue weighted by Crippen LogP contribution is 2.14. The van der Waals surface area contributed by atoms with E-state index in [0.29, 0.717) is 11.3 Å². The summed E-state index contributed by atoms with van der Waals surface area (Å²) in [5.41, 5.74) is 1.51. The average Bonchev–Trinajstić information content (AvgIpc) is 2.46. The second-order valence-corrected chi connectivity index (χ2v) is 4.89. The maximum atomic E-state index is 13.4. The first-order valence-corrected chi connectivity index (χ1v) is 6.80. The van der Waals surface area contributed by atoms with Gasteiger partial charge in [-0.1, -0.05) is 30.3 Å². The Hall–Kier alpha value is -2.36. The van der Waals surface area contributed by atoms with Crippen LogP contribution in [-0.2, 0) is 11.3 Å². The van der Waals surface area contributed by atoms with Crippen molar-refractivity contribution in [1.82, 2.24) is 5.32 Å². The number of nitrogens with one attached hydrogen (secondary N) is 1. The Morgan fingerprint density at radius 3 is 2.71 bits per heavy atom. The van der Waals surface area contributed by atoms with Crippen molar-refractivity contribution in [3.8, 4) is 5.75 Å². The van der Waals surface area contributed by atoms with E-state index in [-0.39, 0.29) is 18.3 Å². The highest BCUT2D eigenvalue weighted by atomic mass is 19.1. The number of halogens is 1. The molecule has 3 nitrogen and oxygen atoms in total. The van der Waals surface area contributed by atoms with Crippen LogP contribution in [0.15, 0.2) is 48.5 Å². The maximum absolute atomic E-state index is 13.4. The fraction of sp³-hybridized carbons (Fsp3) is 0.235. The number of rotatable bonds is 5. The number of ether oxygens (including phenoxy) is 1. The van der Waals surface area contributed by atoms with E-state index in [2.05, 4.69) is 5.32 Å².